The lowest BCUT2D eigenvalue weighted by Crippen LogP contribution is -2.18. The predicted molar refractivity (Wildman–Crippen MR) is 78.0 cm³/mol. The van der Waals surface area contributed by atoms with E-state index in [1.807, 2.05) is 32.9 Å². The van der Waals surface area contributed by atoms with Gasteiger partial charge in [-0.25, -0.2) is 8.42 Å². The molecule has 0 heterocycles. The van der Waals surface area contributed by atoms with E-state index in [1.165, 1.54) is 0 Å². The summed E-state index contributed by atoms with van der Waals surface area (Å²) >= 11 is 5.54. The van der Waals surface area contributed by atoms with Crippen LogP contribution in [0, 0.1) is 20.8 Å². The topological polar surface area (TPSA) is 46.2 Å². The van der Waals surface area contributed by atoms with Gasteiger partial charge in [-0.1, -0.05) is 17.7 Å². The molecule has 0 saturated carbocycles. The summed E-state index contributed by atoms with van der Waals surface area (Å²) in [6, 6.07) is 3.95. The van der Waals surface area contributed by atoms with E-state index >= 15 is 0 Å². The van der Waals surface area contributed by atoms with Crippen molar-refractivity contribution in [3.8, 4) is 0 Å². The van der Waals surface area contributed by atoms with Gasteiger partial charge in [-0.15, -0.1) is 11.6 Å². The fourth-order valence-corrected chi connectivity index (χ4v) is 3.44. The molecule has 18 heavy (non-hydrogen) atoms. The molecule has 0 radical (unpaired) electrons. The molecule has 5 heteroatoms. The van der Waals surface area contributed by atoms with Crippen LogP contribution < -0.4 is 4.72 Å². The third kappa shape index (κ3) is 4.50. The molecule has 0 unspecified atom stereocenters. The van der Waals surface area contributed by atoms with Crippen molar-refractivity contribution in [2.75, 3.05) is 16.4 Å². The van der Waals surface area contributed by atoms with E-state index in [2.05, 4.69) is 4.72 Å². The zero-order chi connectivity index (χ0) is 13.8. The van der Waals surface area contributed by atoms with Gasteiger partial charge in [0.05, 0.1) is 11.4 Å². The van der Waals surface area contributed by atoms with Crippen molar-refractivity contribution in [2.24, 2.45) is 0 Å². The molecule has 1 aromatic carbocycles. The van der Waals surface area contributed by atoms with Gasteiger partial charge in [-0.05, 0) is 44.7 Å². The Kier molecular flexibility index (Phi) is 5.47. The molecule has 102 valence electrons. The standard InChI is InChI=1S/C13H20ClNO2S/c1-10-8-11(2)13(12(3)9-10)15-18(16,17)7-5-4-6-14/h8-9,15H,4-7H2,1-3H3. The number of benzene rings is 1. The minimum atomic E-state index is -3.27. The van der Waals surface area contributed by atoms with Crippen molar-refractivity contribution in [3.05, 3.63) is 28.8 Å². The Morgan fingerprint density at radius 3 is 2.17 bits per heavy atom. The molecule has 0 aliphatic rings. The van der Waals surface area contributed by atoms with E-state index < -0.39 is 10.0 Å². The average Bonchev–Trinajstić information content (AvgIpc) is 2.23. The highest BCUT2D eigenvalue weighted by Crippen LogP contribution is 2.23. The van der Waals surface area contributed by atoms with Crippen molar-refractivity contribution in [1.29, 1.82) is 0 Å². The summed E-state index contributed by atoms with van der Waals surface area (Å²) < 4.78 is 26.5. The second-order valence-corrected chi connectivity index (χ2v) is 6.81. The Balaban J connectivity index is 2.84. The molecule has 3 nitrogen and oxygen atoms in total. The largest absolute Gasteiger partial charge is 0.283 e. The van der Waals surface area contributed by atoms with Crippen molar-refractivity contribution < 1.29 is 8.42 Å². The smallest absolute Gasteiger partial charge is 0.232 e. The SMILES string of the molecule is Cc1cc(C)c(NS(=O)(=O)CCCCCl)c(C)c1. The number of nitrogens with one attached hydrogen (secondary N) is 1. The van der Waals surface area contributed by atoms with Crippen LogP contribution in [0.15, 0.2) is 12.1 Å². The van der Waals surface area contributed by atoms with Crippen LogP contribution in [0.4, 0.5) is 5.69 Å². The van der Waals surface area contributed by atoms with Gasteiger partial charge >= 0.3 is 0 Å². The Labute approximate surface area is 115 Å². The number of aryl methyl sites for hydroxylation is 3. The first kappa shape index (κ1) is 15.3. The first-order chi connectivity index (χ1) is 8.35. The number of unbranched alkanes of at least 4 members (excludes halogenated alkanes) is 1. The van der Waals surface area contributed by atoms with Crippen LogP contribution in [-0.4, -0.2) is 20.1 Å². The summed E-state index contributed by atoms with van der Waals surface area (Å²) in [5.41, 5.74) is 3.74. The summed E-state index contributed by atoms with van der Waals surface area (Å²) in [7, 11) is -3.27. The minimum absolute atomic E-state index is 0.118. The van der Waals surface area contributed by atoms with Gasteiger partial charge in [0.1, 0.15) is 0 Å². The highest BCUT2D eigenvalue weighted by molar-refractivity contribution is 7.92. The van der Waals surface area contributed by atoms with Gasteiger partial charge in [-0.3, -0.25) is 4.72 Å². The molecule has 0 amide bonds. The number of alkyl halides is 1. The summed E-state index contributed by atoms with van der Waals surface area (Å²) in [4.78, 5) is 0. The highest BCUT2D eigenvalue weighted by atomic mass is 35.5. The average molecular weight is 290 g/mol. The molecule has 0 saturated heterocycles. The molecule has 0 aliphatic heterocycles. The lowest BCUT2D eigenvalue weighted by molar-refractivity contribution is 0.598. The molecular formula is C13H20ClNO2S. The Bertz CT molecular complexity index is 489. The molecule has 1 rings (SSSR count). The van der Waals surface area contributed by atoms with E-state index in [4.69, 9.17) is 11.6 Å². The molecule has 0 aromatic heterocycles. The second-order valence-electron chi connectivity index (χ2n) is 4.59. The third-order valence-corrected chi connectivity index (χ3v) is 4.34. The van der Waals surface area contributed by atoms with Gasteiger partial charge in [0.15, 0.2) is 0 Å². The molecule has 0 atom stereocenters. The fraction of sp³-hybridized carbons (Fsp3) is 0.538. The maximum Gasteiger partial charge on any atom is 0.232 e. The summed E-state index contributed by atoms with van der Waals surface area (Å²) in [6.07, 6.45) is 1.30. The van der Waals surface area contributed by atoms with Gasteiger partial charge in [0, 0.05) is 5.88 Å². The summed E-state index contributed by atoms with van der Waals surface area (Å²) in [5.74, 6) is 0.616. The number of hydrogen-bond donors (Lipinski definition) is 1. The van der Waals surface area contributed by atoms with Crippen LogP contribution in [0.2, 0.25) is 0 Å². The van der Waals surface area contributed by atoms with E-state index in [0.29, 0.717) is 24.4 Å². The molecule has 0 aliphatic carbocycles. The predicted octanol–water partition coefficient (Wildman–Crippen LogP) is 3.37. The van der Waals surface area contributed by atoms with Crippen LogP contribution in [0.25, 0.3) is 0 Å². The summed E-state index contributed by atoms with van der Waals surface area (Å²) in [5, 5.41) is 0. The maximum atomic E-state index is 11.9. The zero-order valence-electron chi connectivity index (χ0n) is 11.1. The molecule has 0 bridgehead atoms. The number of anilines is 1. The molecule has 1 N–H and O–H groups in total. The fourth-order valence-electron chi connectivity index (χ4n) is 1.93. The van der Waals surface area contributed by atoms with Crippen molar-refractivity contribution >= 4 is 27.3 Å². The lowest BCUT2D eigenvalue weighted by Gasteiger charge is -2.14. The lowest BCUT2D eigenvalue weighted by atomic mass is 10.1. The van der Waals surface area contributed by atoms with E-state index in [0.717, 1.165) is 16.7 Å². The van der Waals surface area contributed by atoms with Gasteiger partial charge < -0.3 is 0 Å². The van der Waals surface area contributed by atoms with Gasteiger partial charge in [0.25, 0.3) is 0 Å². The van der Waals surface area contributed by atoms with Gasteiger partial charge in [0.2, 0.25) is 10.0 Å². The van der Waals surface area contributed by atoms with Crippen LogP contribution in [0.1, 0.15) is 29.5 Å². The first-order valence-corrected chi connectivity index (χ1v) is 8.18. The molecule has 0 spiro atoms. The van der Waals surface area contributed by atoms with Crippen LogP contribution in [0.3, 0.4) is 0 Å². The Morgan fingerprint density at radius 2 is 1.67 bits per heavy atom. The Hall–Kier alpha value is -0.740. The molecule has 0 fully saturated rings. The van der Waals surface area contributed by atoms with E-state index in [1.54, 1.807) is 0 Å². The van der Waals surface area contributed by atoms with Crippen LogP contribution in [-0.2, 0) is 10.0 Å². The highest BCUT2D eigenvalue weighted by Gasteiger charge is 2.13. The minimum Gasteiger partial charge on any atom is -0.283 e. The second kappa shape index (κ2) is 6.43. The quantitative estimate of drug-likeness (QED) is 0.645. The number of hydrogen-bond acceptors (Lipinski definition) is 2. The monoisotopic (exact) mass is 289 g/mol. The number of rotatable bonds is 6. The number of sulfonamides is 1. The molecular weight excluding hydrogens is 270 g/mol. The van der Waals surface area contributed by atoms with Crippen molar-refractivity contribution in [1.82, 2.24) is 0 Å². The zero-order valence-corrected chi connectivity index (χ0v) is 12.7. The van der Waals surface area contributed by atoms with Gasteiger partial charge in [-0.2, -0.15) is 0 Å². The number of halogens is 1. The van der Waals surface area contributed by atoms with Crippen molar-refractivity contribution in [2.45, 2.75) is 33.6 Å². The Morgan fingerprint density at radius 1 is 1.11 bits per heavy atom. The normalized spacial score (nSPS) is 11.6. The van der Waals surface area contributed by atoms with Crippen LogP contribution in [0.5, 0.6) is 0 Å². The maximum absolute atomic E-state index is 11.9. The summed E-state index contributed by atoms with van der Waals surface area (Å²) in [6.45, 7) is 5.83. The molecule has 1 aromatic rings. The van der Waals surface area contributed by atoms with Crippen LogP contribution >= 0.6 is 11.6 Å². The van der Waals surface area contributed by atoms with E-state index in [9.17, 15) is 8.42 Å². The van der Waals surface area contributed by atoms with Crippen molar-refractivity contribution in [3.63, 3.8) is 0 Å². The third-order valence-electron chi connectivity index (χ3n) is 2.73. The first-order valence-electron chi connectivity index (χ1n) is 6.00. The van der Waals surface area contributed by atoms with E-state index in [-0.39, 0.29) is 5.75 Å².